The van der Waals surface area contributed by atoms with Crippen molar-refractivity contribution in [1.29, 1.82) is 0 Å². The highest BCUT2D eigenvalue weighted by molar-refractivity contribution is 5.66. The molecular weight excluding hydrogens is 182 g/mol. The lowest BCUT2D eigenvalue weighted by molar-refractivity contribution is -0.137. The molecule has 1 heterocycles. The third kappa shape index (κ3) is 5.19. The summed E-state index contributed by atoms with van der Waals surface area (Å²) < 4.78 is 5.23. The van der Waals surface area contributed by atoms with E-state index in [1.165, 1.54) is 0 Å². The van der Waals surface area contributed by atoms with Gasteiger partial charge in [-0.15, -0.1) is 0 Å². The standard InChI is InChI=1S/C10H19NO3/c12-10(13)4-2-1-3-6-11-9-5-7-14-8-9/h9,11H,1-8H2,(H,12,13). The molecular formula is C10H19NO3. The Balaban J connectivity index is 1.82. The summed E-state index contributed by atoms with van der Waals surface area (Å²) in [6.07, 6.45) is 4.25. The fourth-order valence-corrected chi connectivity index (χ4v) is 1.58. The van der Waals surface area contributed by atoms with Crippen LogP contribution < -0.4 is 5.32 Å². The number of hydrogen-bond acceptors (Lipinski definition) is 3. The van der Waals surface area contributed by atoms with E-state index in [-0.39, 0.29) is 0 Å². The van der Waals surface area contributed by atoms with Gasteiger partial charge < -0.3 is 15.2 Å². The second-order valence-corrected chi connectivity index (χ2v) is 3.72. The third-order valence-corrected chi connectivity index (χ3v) is 2.43. The highest BCUT2D eigenvalue weighted by atomic mass is 16.5. The number of nitrogens with one attached hydrogen (secondary N) is 1. The van der Waals surface area contributed by atoms with Crippen molar-refractivity contribution < 1.29 is 14.6 Å². The Kier molecular flexibility index (Phi) is 5.56. The molecule has 0 aromatic carbocycles. The van der Waals surface area contributed by atoms with Crippen LogP contribution in [0.25, 0.3) is 0 Å². The van der Waals surface area contributed by atoms with E-state index in [1.54, 1.807) is 0 Å². The van der Waals surface area contributed by atoms with Crippen LogP contribution in [-0.4, -0.2) is 36.9 Å². The Labute approximate surface area is 84.6 Å². The van der Waals surface area contributed by atoms with Crippen molar-refractivity contribution >= 4 is 5.97 Å². The molecule has 0 aromatic rings. The quantitative estimate of drug-likeness (QED) is 0.603. The second kappa shape index (κ2) is 6.79. The van der Waals surface area contributed by atoms with Gasteiger partial charge in [0.25, 0.3) is 0 Å². The zero-order chi connectivity index (χ0) is 10.2. The molecule has 2 N–H and O–H groups in total. The van der Waals surface area contributed by atoms with Gasteiger partial charge in [-0.25, -0.2) is 0 Å². The summed E-state index contributed by atoms with van der Waals surface area (Å²) in [7, 11) is 0. The first-order valence-electron chi connectivity index (χ1n) is 5.32. The minimum Gasteiger partial charge on any atom is -0.481 e. The van der Waals surface area contributed by atoms with Crippen LogP contribution in [0.2, 0.25) is 0 Å². The van der Waals surface area contributed by atoms with Crippen molar-refractivity contribution in [3.05, 3.63) is 0 Å². The Morgan fingerprint density at radius 3 is 2.93 bits per heavy atom. The van der Waals surface area contributed by atoms with Gasteiger partial charge in [0.2, 0.25) is 0 Å². The molecule has 1 atom stereocenters. The van der Waals surface area contributed by atoms with Gasteiger partial charge in [0.1, 0.15) is 0 Å². The van der Waals surface area contributed by atoms with E-state index in [2.05, 4.69) is 5.32 Å². The summed E-state index contributed by atoms with van der Waals surface area (Å²) in [4.78, 5) is 10.2. The molecule has 82 valence electrons. The van der Waals surface area contributed by atoms with Gasteiger partial charge in [0.05, 0.1) is 6.61 Å². The van der Waals surface area contributed by atoms with E-state index in [0.29, 0.717) is 12.5 Å². The first kappa shape index (κ1) is 11.5. The topological polar surface area (TPSA) is 58.6 Å². The summed E-state index contributed by atoms with van der Waals surface area (Å²) >= 11 is 0. The van der Waals surface area contributed by atoms with E-state index in [0.717, 1.165) is 45.4 Å². The molecule has 1 rings (SSSR count). The van der Waals surface area contributed by atoms with Crippen LogP contribution in [0.4, 0.5) is 0 Å². The van der Waals surface area contributed by atoms with Crippen molar-refractivity contribution in [1.82, 2.24) is 5.32 Å². The van der Waals surface area contributed by atoms with Crippen LogP contribution in [0.5, 0.6) is 0 Å². The van der Waals surface area contributed by atoms with Gasteiger partial charge >= 0.3 is 5.97 Å². The molecule has 1 fully saturated rings. The van der Waals surface area contributed by atoms with Gasteiger partial charge in [-0.05, 0) is 25.8 Å². The zero-order valence-electron chi connectivity index (χ0n) is 8.50. The van der Waals surface area contributed by atoms with Gasteiger partial charge in [-0.1, -0.05) is 6.42 Å². The van der Waals surface area contributed by atoms with Gasteiger partial charge in [-0.3, -0.25) is 4.79 Å². The lowest BCUT2D eigenvalue weighted by Gasteiger charge is -2.09. The predicted octanol–water partition coefficient (Wildman–Crippen LogP) is 1.01. The smallest absolute Gasteiger partial charge is 0.303 e. The average Bonchev–Trinajstić information content (AvgIpc) is 2.63. The molecule has 0 bridgehead atoms. The monoisotopic (exact) mass is 201 g/mol. The van der Waals surface area contributed by atoms with Crippen LogP contribution in [0.15, 0.2) is 0 Å². The van der Waals surface area contributed by atoms with E-state index in [1.807, 2.05) is 0 Å². The molecule has 1 unspecified atom stereocenters. The summed E-state index contributed by atoms with van der Waals surface area (Å²) in [5.74, 6) is -0.692. The lowest BCUT2D eigenvalue weighted by Crippen LogP contribution is -2.29. The number of aliphatic carboxylic acids is 1. The number of carboxylic acids is 1. The first-order chi connectivity index (χ1) is 6.79. The summed E-state index contributed by atoms with van der Waals surface area (Å²) in [5, 5.41) is 11.8. The highest BCUT2D eigenvalue weighted by Crippen LogP contribution is 2.04. The molecule has 0 aromatic heterocycles. The van der Waals surface area contributed by atoms with Crippen LogP contribution in [0.3, 0.4) is 0 Å². The Hall–Kier alpha value is -0.610. The summed E-state index contributed by atoms with van der Waals surface area (Å²) in [6, 6.07) is 0.523. The minimum atomic E-state index is -0.692. The summed E-state index contributed by atoms with van der Waals surface area (Å²) in [6.45, 7) is 2.68. The first-order valence-corrected chi connectivity index (χ1v) is 5.32. The van der Waals surface area contributed by atoms with Crippen molar-refractivity contribution in [2.45, 2.75) is 38.1 Å². The van der Waals surface area contributed by atoms with Crippen LogP contribution >= 0.6 is 0 Å². The molecule has 1 aliphatic rings. The fourth-order valence-electron chi connectivity index (χ4n) is 1.58. The van der Waals surface area contributed by atoms with E-state index in [4.69, 9.17) is 9.84 Å². The SMILES string of the molecule is O=C(O)CCCCCNC1CCOC1. The average molecular weight is 201 g/mol. The maximum Gasteiger partial charge on any atom is 0.303 e. The highest BCUT2D eigenvalue weighted by Gasteiger charge is 2.13. The zero-order valence-corrected chi connectivity index (χ0v) is 8.50. The number of carbonyl (C=O) groups is 1. The largest absolute Gasteiger partial charge is 0.481 e. The van der Waals surface area contributed by atoms with E-state index >= 15 is 0 Å². The second-order valence-electron chi connectivity index (χ2n) is 3.72. The Bertz CT molecular complexity index is 167. The van der Waals surface area contributed by atoms with Crippen molar-refractivity contribution in [2.24, 2.45) is 0 Å². The fraction of sp³-hybridized carbons (Fsp3) is 0.900. The maximum absolute atomic E-state index is 10.2. The minimum absolute atomic E-state index is 0.298. The van der Waals surface area contributed by atoms with Gasteiger partial charge in [-0.2, -0.15) is 0 Å². The van der Waals surface area contributed by atoms with E-state index < -0.39 is 5.97 Å². The molecule has 0 spiro atoms. The van der Waals surface area contributed by atoms with E-state index in [9.17, 15) is 4.79 Å². The number of rotatable bonds is 7. The summed E-state index contributed by atoms with van der Waals surface area (Å²) in [5.41, 5.74) is 0. The molecule has 0 aliphatic carbocycles. The number of ether oxygens (including phenoxy) is 1. The predicted molar refractivity (Wildman–Crippen MR) is 53.3 cm³/mol. The van der Waals surface area contributed by atoms with Gasteiger partial charge in [0, 0.05) is 19.1 Å². The maximum atomic E-state index is 10.2. The van der Waals surface area contributed by atoms with Crippen LogP contribution in [0.1, 0.15) is 32.1 Å². The molecule has 1 aliphatic heterocycles. The molecule has 4 nitrogen and oxygen atoms in total. The molecule has 1 saturated heterocycles. The van der Waals surface area contributed by atoms with Gasteiger partial charge in [0.15, 0.2) is 0 Å². The number of carboxylic acid groups (broad SMARTS) is 1. The molecule has 14 heavy (non-hydrogen) atoms. The Morgan fingerprint density at radius 1 is 1.43 bits per heavy atom. The lowest BCUT2D eigenvalue weighted by atomic mass is 10.2. The molecule has 0 saturated carbocycles. The van der Waals surface area contributed by atoms with Crippen LogP contribution in [-0.2, 0) is 9.53 Å². The Morgan fingerprint density at radius 2 is 2.29 bits per heavy atom. The third-order valence-electron chi connectivity index (χ3n) is 2.43. The number of unbranched alkanes of at least 4 members (excludes halogenated alkanes) is 2. The molecule has 4 heteroatoms. The normalized spacial score (nSPS) is 21.3. The van der Waals surface area contributed by atoms with Crippen molar-refractivity contribution in [3.8, 4) is 0 Å². The van der Waals surface area contributed by atoms with Crippen LogP contribution in [0, 0.1) is 0 Å². The van der Waals surface area contributed by atoms with Crippen molar-refractivity contribution in [3.63, 3.8) is 0 Å². The van der Waals surface area contributed by atoms with Crippen molar-refractivity contribution in [2.75, 3.05) is 19.8 Å². The molecule has 0 amide bonds. The number of hydrogen-bond donors (Lipinski definition) is 2. The molecule has 0 radical (unpaired) electrons.